The number of ether oxygens (including phenoxy) is 4. The van der Waals surface area contributed by atoms with Crippen molar-refractivity contribution in [3.05, 3.63) is 54.5 Å². The number of rotatable bonds is 15. The fourth-order valence-corrected chi connectivity index (χ4v) is 6.36. The minimum absolute atomic E-state index is 0.0603. The first-order valence-electron chi connectivity index (χ1n) is 15.0. The van der Waals surface area contributed by atoms with Crippen LogP contribution in [0.25, 0.3) is 5.52 Å². The monoisotopic (exact) mass is 679 g/mol. The van der Waals surface area contributed by atoms with Crippen molar-refractivity contribution in [2.24, 2.45) is 0 Å². The Morgan fingerprint density at radius 3 is 2.40 bits per heavy atom. The van der Waals surface area contributed by atoms with Gasteiger partial charge in [-0.3, -0.25) is 18.9 Å². The van der Waals surface area contributed by atoms with Crippen molar-refractivity contribution in [3.63, 3.8) is 0 Å². The minimum atomic E-state index is -4.54. The number of benzene rings is 1. The van der Waals surface area contributed by atoms with Crippen molar-refractivity contribution in [1.82, 2.24) is 19.7 Å². The van der Waals surface area contributed by atoms with Gasteiger partial charge in [0.15, 0.2) is 23.6 Å². The first-order chi connectivity index (χ1) is 22.3. The van der Waals surface area contributed by atoms with E-state index >= 15 is 4.39 Å². The maximum absolute atomic E-state index is 15.5. The summed E-state index contributed by atoms with van der Waals surface area (Å²) in [5, 5.41) is 6.74. The van der Waals surface area contributed by atoms with E-state index in [1.165, 1.54) is 36.8 Å². The van der Waals surface area contributed by atoms with Gasteiger partial charge in [0.25, 0.3) is 0 Å². The predicted octanol–water partition coefficient (Wildman–Crippen LogP) is 3.87. The third-order valence-electron chi connectivity index (χ3n) is 7.11. The normalized spacial score (nSPS) is 22.8. The second kappa shape index (κ2) is 15.2. The summed E-state index contributed by atoms with van der Waals surface area (Å²) in [7, 11) is -4.54. The molecule has 3 heterocycles. The molecule has 1 aromatic carbocycles. The van der Waals surface area contributed by atoms with Crippen molar-refractivity contribution in [2.45, 2.75) is 83.5 Å². The van der Waals surface area contributed by atoms with E-state index in [1.807, 2.05) is 0 Å². The van der Waals surface area contributed by atoms with Gasteiger partial charge in [0.1, 0.15) is 36.4 Å². The van der Waals surface area contributed by atoms with Gasteiger partial charge in [-0.1, -0.05) is 32.0 Å². The fourth-order valence-electron chi connectivity index (χ4n) is 4.81. The molecular weight excluding hydrogens is 640 g/mol. The molecule has 2 aromatic heterocycles. The molecule has 1 aliphatic rings. The number of carbonyl (C=O) groups is 3. The number of esters is 3. The van der Waals surface area contributed by atoms with Crippen LogP contribution < -0.4 is 15.3 Å². The summed E-state index contributed by atoms with van der Waals surface area (Å²) in [5.74, 6) is -1.96. The Balaban J connectivity index is 1.76. The molecule has 0 bridgehead atoms. The lowest BCUT2D eigenvalue weighted by Gasteiger charge is -2.33. The van der Waals surface area contributed by atoms with Crippen molar-refractivity contribution in [1.29, 1.82) is 0 Å². The van der Waals surface area contributed by atoms with E-state index in [0.29, 0.717) is 5.52 Å². The zero-order valence-corrected chi connectivity index (χ0v) is 27.6. The molecule has 3 N–H and O–H groups in total. The average Bonchev–Trinajstić information content (AvgIpc) is 3.60. The number of carbonyl (C=O) groups excluding carboxylic acids is 3. The summed E-state index contributed by atoms with van der Waals surface area (Å²) in [6, 6.07) is 9.90. The molecule has 0 radical (unpaired) electrons. The standard InChI is InChI=1S/C30H39FN5O10P/c1-6-23(37)43-26-25(21-13-14-22-28(32)33-17-34-36(21)22)45-30(15-31,27(26)44-24(38)7-2)16-41-47(40,46-20-11-9-8-10-12-20)35-19(5)29(39)42-18(3)4/h8-14,17-19,25-27H,6-7,15-16H2,1-5H3,(H,35,40)(H2,32,33,34)/t19-,25-,26-,27-,30+,47-/m0/s1. The van der Waals surface area contributed by atoms with Gasteiger partial charge in [-0.2, -0.15) is 10.2 Å². The van der Waals surface area contributed by atoms with E-state index in [-0.39, 0.29) is 30.1 Å². The quantitative estimate of drug-likeness (QED) is 0.134. The van der Waals surface area contributed by atoms with E-state index < -0.39 is 75.0 Å². The summed E-state index contributed by atoms with van der Waals surface area (Å²) < 4.78 is 65.5. The van der Waals surface area contributed by atoms with E-state index in [1.54, 1.807) is 51.1 Å². The summed E-state index contributed by atoms with van der Waals surface area (Å²) in [6.07, 6.45) is -3.73. The van der Waals surface area contributed by atoms with Crippen LogP contribution >= 0.6 is 7.75 Å². The first kappa shape index (κ1) is 35.7. The maximum Gasteiger partial charge on any atom is 0.459 e. The number of aromatic nitrogens is 3. The van der Waals surface area contributed by atoms with Crippen LogP contribution in [0.15, 0.2) is 48.8 Å². The molecule has 0 aliphatic carbocycles. The van der Waals surface area contributed by atoms with Crippen molar-refractivity contribution in [3.8, 4) is 5.75 Å². The Labute approximate surface area is 270 Å². The second-order valence-electron chi connectivity index (χ2n) is 11.0. The summed E-state index contributed by atoms with van der Waals surface area (Å²) >= 11 is 0. The highest BCUT2D eigenvalue weighted by Crippen LogP contribution is 2.50. The lowest BCUT2D eigenvalue weighted by atomic mass is 9.95. The highest BCUT2D eigenvalue weighted by Gasteiger charge is 2.61. The zero-order valence-electron chi connectivity index (χ0n) is 26.7. The van der Waals surface area contributed by atoms with E-state index in [0.717, 1.165) is 0 Å². The Kier molecular flexibility index (Phi) is 11.6. The molecule has 1 saturated heterocycles. The van der Waals surface area contributed by atoms with Crippen molar-refractivity contribution in [2.75, 3.05) is 19.0 Å². The Bertz CT molecular complexity index is 1610. The van der Waals surface area contributed by atoms with E-state index in [4.69, 9.17) is 33.7 Å². The zero-order chi connectivity index (χ0) is 34.4. The van der Waals surface area contributed by atoms with Gasteiger partial charge in [-0.05, 0) is 45.0 Å². The lowest BCUT2D eigenvalue weighted by Crippen LogP contribution is -2.52. The summed E-state index contributed by atoms with van der Waals surface area (Å²) in [4.78, 5) is 42.0. The SMILES string of the molecule is CCC(=O)O[C@H]1[C@H](c2ccc3c(N)ncnn23)O[C@](CF)(CO[P@@](=O)(N[C@@H](C)C(=O)OC(C)C)Oc2ccccc2)[C@H]1OC(=O)CC. The third kappa shape index (κ3) is 8.25. The highest BCUT2D eigenvalue weighted by atomic mass is 31.2. The molecule has 47 heavy (non-hydrogen) atoms. The molecule has 17 heteroatoms. The molecule has 256 valence electrons. The van der Waals surface area contributed by atoms with Crippen LogP contribution in [0.2, 0.25) is 0 Å². The maximum atomic E-state index is 15.5. The first-order valence-corrected chi connectivity index (χ1v) is 16.6. The van der Waals surface area contributed by atoms with Crippen LogP contribution in [0.5, 0.6) is 5.75 Å². The van der Waals surface area contributed by atoms with Crippen molar-refractivity contribution < 1.29 is 51.3 Å². The molecule has 1 fully saturated rings. The van der Waals surface area contributed by atoms with Gasteiger partial charge < -0.3 is 29.2 Å². The molecule has 1 aliphatic heterocycles. The molecule has 0 spiro atoms. The number of alkyl halides is 1. The number of nitrogens with zero attached hydrogens (tertiary/aromatic N) is 3. The molecular formula is C30H39FN5O10P. The topological polar surface area (TPSA) is 192 Å². The largest absolute Gasteiger partial charge is 0.462 e. The molecule has 0 saturated carbocycles. The van der Waals surface area contributed by atoms with Crippen LogP contribution in [0.4, 0.5) is 10.2 Å². The molecule has 0 amide bonds. The number of nitrogens with one attached hydrogen (secondary N) is 1. The van der Waals surface area contributed by atoms with E-state index in [2.05, 4.69) is 15.2 Å². The van der Waals surface area contributed by atoms with Gasteiger partial charge in [-0.25, -0.2) is 18.5 Å². The fraction of sp³-hybridized carbons (Fsp3) is 0.500. The number of hydrogen-bond acceptors (Lipinski definition) is 13. The third-order valence-corrected chi connectivity index (χ3v) is 8.74. The molecule has 4 rings (SSSR count). The predicted molar refractivity (Wildman–Crippen MR) is 165 cm³/mol. The number of nitrogen functional groups attached to an aromatic ring is 1. The Morgan fingerprint density at radius 1 is 1.09 bits per heavy atom. The second-order valence-corrected chi connectivity index (χ2v) is 12.7. The number of halogens is 1. The van der Waals surface area contributed by atoms with Crippen LogP contribution in [0, 0.1) is 0 Å². The number of para-hydroxylation sites is 1. The average molecular weight is 680 g/mol. The minimum Gasteiger partial charge on any atom is -0.462 e. The van der Waals surface area contributed by atoms with Crippen LogP contribution in [0.1, 0.15) is 59.3 Å². The number of fused-ring (bicyclic) bond motifs is 1. The van der Waals surface area contributed by atoms with Crippen molar-refractivity contribution >= 4 is 37.0 Å². The van der Waals surface area contributed by atoms with Crippen LogP contribution in [-0.4, -0.2) is 75.7 Å². The van der Waals surface area contributed by atoms with Gasteiger partial charge in [0.05, 0.1) is 18.4 Å². The highest BCUT2D eigenvalue weighted by molar-refractivity contribution is 7.52. The van der Waals surface area contributed by atoms with Gasteiger partial charge in [-0.15, -0.1) is 0 Å². The Morgan fingerprint density at radius 2 is 1.77 bits per heavy atom. The van der Waals surface area contributed by atoms with Gasteiger partial charge >= 0.3 is 25.7 Å². The van der Waals surface area contributed by atoms with Crippen LogP contribution in [0.3, 0.4) is 0 Å². The molecule has 6 atom stereocenters. The van der Waals surface area contributed by atoms with Crippen LogP contribution in [-0.2, 0) is 42.4 Å². The number of anilines is 1. The van der Waals surface area contributed by atoms with Gasteiger partial charge in [0.2, 0.25) is 0 Å². The number of nitrogens with two attached hydrogens (primary N) is 1. The summed E-state index contributed by atoms with van der Waals surface area (Å²) in [5.41, 5.74) is 4.46. The Hall–Kier alpha value is -4.11. The smallest absolute Gasteiger partial charge is 0.459 e. The molecule has 0 unspecified atom stereocenters. The molecule has 3 aromatic rings. The van der Waals surface area contributed by atoms with Gasteiger partial charge in [0, 0.05) is 12.8 Å². The molecule has 15 nitrogen and oxygen atoms in total. The lowest BCUT2D eigenvalue weighted by molar-refractivity contribution is -0.174. The number of hydrogen-bond donors (Lipinski definition) is 2. The summed E-state index contributed by atoms with van der Waals surface area (Å²) in [6.45, 7) is 5.55. The van der Waals surface area contributed by atoms with E-state index in [9.17, 15) is 18.9 Å².